The molecule has 0 saturated carbocycles. The lowest BCUT2D eigenvalue weighted by Gasteiger charge is -2.20. The fraction of sp³-hybridized carbons (Fsp3) is 0.0833. The minimum Gasteiger partial charge on any atom is -0.478 e. The molecule has 0 radical (unpaired) electrons. The van der Waals surface area contributed by atoms with E-state index in [1.165, 1.54) is 0 Å². The Balaban J connectivity index is 2.08. The normalized spacial score (nSPS) is 13.0. The topological polar surface area (TPSA) is 351 Å². The Morgan fingerprint density at radius 1 is 0.957 bits per heavy atom. The Bertz CT molecular complexity index is 2260. The van der Waals surface area contributed by atoms with Crippen molar-refractivity contribution in [2.24, 2.45) is 5.84 Å². The second-order valence-corrected chi connectivity index (χ2v) is 14.0. The minimum atomic E-state index is -5.26. The molecule has 1 aliphatic carbocycles. The molecular formula is C24H22N5O14PS2. The Labute approximate surface area is 257 Å². The van der Waals surface area contributed by atoms with Crippen molar-refractivity contribution < 1.29 is 64.2 Å². The van der Waals surface area contributed by atoms with Gasteiger partial charge in [0.05, 0.1) is 22.8 Å². The van der Waals surface area contributed by atoms with Gasteiger partial charge in [-0.25, -0.2) is 10.6 Å². The van der Waals surface area contributed by atoms with Gasteiger partial charge in [-0.1, -0.05) is 6.07 Å². The molecule has 2 aromatic carbocycles. The van der Waals surface area contributed by atoms with Crippen LogP contribution in [0.3, 0.4) is 0 Å². The first kappa shape index (κ1) is 34.1. The zero-order valence-electron chi connectivity index (χ0n) is 22.7. The first-order valence-corrected chi connectivity index (χ1v) is 16.9. The molecule has 2 amide bonds. The molecule has 0 bridgehead atoms. The molecule has 1 atom stereocenters. The number of carbonyl (C=O) groups excluding carboxylic acids is 2. The number of aromatic carboxylic acids is 1. The highest BCUT2D eigenvalue weighted by Crippen LogP contribution is 2.45. The standard InChI is InChI=1S/C24H22N5O14PS2/c25-14-5-3-11-17(12-4-6-15(26)21(46(40,41)42)19(12)43-18(11)20(14)45(37,38)39)10-2-1-9(7-13(10)24(32)33)22(30)28-16(23(31)29-27)8-44(34,35)36/h1-7,16,25H,8,26-27H2,(H,28,30)(H,29,31)(H,32,33)(H2,34,35,36)(H,37,38,39)(H,40,41,42). The predicted octanol–water partition coefficient (Wildman–Crippen LogP) is -0.276. The SMILES string of the molecule is N=c1ccc2c(-c3ccc(C(=O)NC(CP(=O)(O)O)C(=O)NN)cc3C(=O)O)c3ccc(N)c(S(=O)(=O)O)c3oc-2c1S(=O)(=O)O. The van der Waals surface area contributed by atoms with E-state index >= 15 is 0 Å². The molecule has 1 aliphatic heterocycles. The maximum atomic E-state index is 13.0. The molecule has 22 heteroatoms. The molecule has 2 aromatic rings. The molecular weight excluding hydrogens is 677 g/mol. The molecule has 0 aromatic heterocycles. The summed E-state index contributed by atoms with van der Waals surface area (Å²) in [6.45, 7) is 0. The number of amides is 2. The number of hydrazine groups is 1. The van der Waals surface area contributed by atoms with Crippen LogP contribution >= 0.6 is 7.60 Å². The molecule has 0 spiro atoms. The van der Waals surface area contributed by atoms with Gasteiger partial charge < -0.3 is 30.4 Å². The van der Waals surface area contributed by atoms with Crippen LogP contribution in [-0.4, -0.2) is 70.8 Å². The van der Waals surface area contributed by atoms with E-state index in [0.717, 1.165) is 42.5 Å². The molecule has 1 heterocycles. The van der Waals surface area contributed by atoms with Gasteiger partial charge in [-0.05, 0) is 42.0 Å². The molecule has 0 saturated heterocycles. The van der Waals surface area contributed by atoms with Gasteiger partial charge in [-0.15, -0.1) is 0 Å². The second-order valence-electron chi connectivity index (χ2n) is 9.55. The third-order valence-corrected chi connectivity index (χ3v) is 9.18. The van der Waals surface area contributed by atoms with Crippen molar-refractivity contribution >= 4 is 62.3 Å². The molecule has 12 N–H and O–H groups in total. The Morgan fingerprint density at radius 3 is 2.11 bits per heavy atom. The van der Waals surface area contributed by atoms with Crippen LogP contribution in [0.5, 0.6) is 0 Å². The largest absolute Gasteiger partial charge is 0.478 e. The van der Waals surface area contributed by atoms with Gasteiger partial charge in [0, 0.05) is 22.1 Å². The van der Waals surface area contributed by atoms with Gasteiger partial charge in [0.15, 0.2) is 21.1 Å². The summed E-state index contributed by atoms with van der Waals surface area (Å²) >= 11 is 0. The second kappa shape index (κ2) is 11.9. The van der Waals surface area contributed by atoms with E-state index in [4.69, 9.17) is 21.4 Å². The van der Waals surface area contributed by atoms with Gasteiger partial charge in [0.25, 0.3) is 32.1 Å². The fourth-order valence-electron chi connectivity index (χ4n) is 4.65. The van der Waals surface area contributed by atoms with Crippen LogP contribution in [0.2, 0.25) is 0 Å². The van der Waals surface area contributed by atoms with Gasteiger partial charge in [0.2, 0.25) is 0 Å². The van der Waals surface area contributed by atoms with E-state index < -0.39 is 101 Å². The first-order chi connectivity index (χ1) is 21.2. The average Bonchev–Trinajstić information content (AvgIpc) is 2.92. The maximum Gasteiger partial charge on any atom is 0.336 e. The lowest BCUT2D eigenvalue weighted by molar-refractivity contribution is -0.122. The molecule has 1 unspecified atom stereocenters. The number of rotatable bonds is 9. The third-order valence-electron chi connectivity index (χ3n) is 6.48. The summed E-state index contributed by atoms with van der Waals surface area (Å²) in [5, 5.41) is 19.1. The van der Waals surface area contributed by atoms with E-state index in [0.29, 0.717) is 0 Å². The van der Waals surface area contributed by atoms with E-state index in [1.807, 2.05) is 5.32 Å². The van der Waals surface area contributed by atoms with Crippen LogP contribution in [0.15, 0.2) is 56.7 Å². The van der Waals surface area contributed by atoms with Crippen molar-refractivity contribution in [2.45, 2.75) is 15.8 Å². The van der Waals surface area contributed by atoms with E-state index in [2.05, 4.69) is 0 Å². The van der Waals surface area contributed by atoms with E-state index in [9.17, 15) is 59.8 Å². The number of carboxylic acid groups (broad SMARTS) is 1. The molecule has 2 aliphatic rings. The summed E-state index contributed by atoms with van der Waals surface area (Å²) in [6.07, 6.45) is -1.16. The van der Waals surface area contributed by atoms with E-state index in [1.54, 1.807) is 5.43 Å². The fourth-order valence-corrected chi connectivity index (χ4v) is 6.87. The quantitative estimate of drug-likeness (QED) is 0.0204. The summed E-state index contributed by atoms with van der Waals surface area (Å²) in [5.74, 6) is 0.142. The van der Waals surface area contributed by atoms with Crippen LogP contribution in [0, 0.1) is 5.41 Å². The van der Waals surface area contributed by atoms with Gasteiger partial charge >= 0.3 is 13.6 Å². The number of nitrogen functional groups attached to an aromatic ring is 1. The maximum absolute atomic E-state index is 13.0. The Kier molecular flexibility index (Phi) is 8.83. The van der Waals surface area contributed by atoms with E-state index in [-0.39, 0.29) is 22.1 Å². The van der Waals surface area contributed by atoms with Crippen molar-refractivity contribution in [1.29, 1.82) is 5.41 Å². The highest BCUT2D eigenvalue weighted by Gasteiger charge is 2.33. The summed E-state index contributed by atoms with van der Waals surface area (Å²) in [6, 6.07) is 5.18. The van der Waals surface area contributed by atoms with Crippen LogP contribution in [0.1, 0.15) is 20.7 Å². The van der Waals surface area contributed by atoms with Crippen molar-refractivity contribution in [2.75, 3.05) is 11.9 Å². The lowest BCUT2D eigenvalue weighted by Crippen LogP contribution is -2.50. The number of hydrogen-bond donors (Lipinski definition) is 10. The Morgan fingerprint density at radius 2 is 1.57 bits per heavy atom. The van der Waals surface area contributed by atoms with Gasteiger partial charge in [0.1, 0.15) is 6.04 Å². The van der Waals surface area contributed by atoms with Crippen LogP contribution in [0.25, 0.3) is 33.4 Å². The van der Waals surface area contributed by atoms with Gasteiger partial charge in [-0.3, -0.25) is 34.1 Å². The molecule has 19 nitrogen and oxygen atoms in total. The number of hydrogen-bond acceptors (Lipinski definition) is 12. The molecule has 46 heavy (non-hydrogen) atoms. The number of fused-ring (bicyclic) bond motifs is 2. The van der Waals surface area contributed by atoms with Crippen molar-refractivity contribution in [1.82, 2.24) is 10.7 Å². The van der Waals surface area contributed by atoms with Gasteiger partial charge in [-0.2, -0.15) is 16.8 Å². The van der Waals surface area contributed by atoms with Crippen LogP contribution in [-0.2, 0) is 29.6 Å². The smallest absolute Gasteiger partial charge is 0.336 e. The molecule has 4 rings (SSSR count). The Hall–Kier alpha value is -4.73. The summed E-state index contributed by atoms with van der Waals surface area (Å²) < 4.78 is 86.1. The zero-order valence-corrected chi connectivity index (χ0v) is 25.2. The predicted molar refractivity (Wildman–Crippen MR) is 156 cm³/mol. The van der Waals surface area contributed by atoms with Crippen LogP contribution in [0.4, 0.5) is 5.69 Å². The summed E-state index contributed by atoms with van der Waals surface area (Å²) in [7, 11) is -15.3. The zero-order chi connectivity index (χ0) is 34.5. The number of nitrogens with two attached hydrogens (primary N) is 2. The van der Waals surface area contributed by atoms with Crippen molar-refractivity contribution in [3.63, 3.8) is 0 Å². The van der Waals surface area contributed by atoms with Crippen molar-refractivity contribution in [3.8, 4) is 22.5 Å². The summed E-state index contributed by atoms with van der Waals surface area (Å²) in [5.41, 5.74) is 4.05. The third kappa shape index (κ3) is 6.61. The number of anilines is 1. The number of carboxylic acids is 1. The highest BCUT2D eigenvalue weighted by atomic mass is 32.2. The number of carbonyl (C=O) groups is 3. The number of nitrogens with one attached hydrogen (secondary N) is 3. The highest BCUT2D eigenvalue weighted by molar-refractivity contribution is 7.86. The van der Waals surface area contributed by atoms with Crippen LogP contribution < -0.4 is 27.7 Å². The average molecular weight is 700 g/mol. The molecule has 244 valence electrons. The number of benzene rings is 3. The molecule has 0 fully saturated rings. The summed E-state index contributed by atoms with van der Waals surface area (Å²) in [4.78, 5) is 53.9. The monoisotopic (exact) mass is 699 g/mol. The van der Waals surface area contributed by atoms with Crippen molar-refractivity contribution in [3.05, 3.63) is 58.9 Å². The first-order valence-electron chi connectivity index (χ1n) is 12.2. The lowest BCUT2D eigenvalue weighted by atomic mass is 9.89. The minimum absolute atomic E-state index is 0.255.